The fourth-order valence-electron chi connectivity index (χ4n) is 1.79. The molecule has 2 aromatic carbocycles. The number of nitro groups is 1. The lowest BCUT2D eigenvalue weighted by Gasteiger charge is -2.08. The number of nitro benzene ring substituents is 1. The van der Waals surface area contributed by atoms with Crippen LogP contribution in [0.25, 0.3) is 0 Å². The van der Waals surface area contributed by atoms with E-state index in [2.05, 4.69) is 15.9 Å². The molecule has 0 saturated carbocycles. The van der Waals surface area contributed by atoms with Crippen LogP contribution in [0.3, 0.4) is 0 Å². The molecule has 0 heterocycles. The van der Waals surface area contributed by atoms with Crippen molar-refractivity contribution >= 4 is 21.6 Å². The van der Waals surface area contributed by atoms with Gasteiger partial charge in [-0.05, 0) is 29.3 Å². The number of non-ortho nitro benzene ring substituents is 1. The number of alkyl halides is 1. The lowest BCUT2D eigenvalue weighted by atomic mass is 10.2. The molecule has 0 aliphatic rings. The molecule has 110 valence electrons. The van der Waals surface area contributed by atoms with Gasteiger partial charge in [0.2, 0.25) is 0 Å². The first-order valence-electron chi connectivity index (χ1n) is 6.22. The van der Waals surface area contributed by atoms with Gasteiger partial charge in [0.1, 0.15) is 18.1 Å². The van der Waals surface area contributed by atoms with Crippen LogP contribution in [0, 0.1) is 10.1 Å². The minimum Gasteiger partial charge on any atom is -0.496 e. The Morgan fingerprint density at radius 2 is 1.81 bits per heavy atom. The van der Waals surface area contributed by atoms with Gasteiger partial charge >= 0.3 is 0 Å². The van der Waals surface area contributed by atoms with Gasteiger partial charge in [-0.2, -0.15) is 0 Å². The highest BCUT2D eigenvalue weighted by Crippen LogP contribution is 2.24. The Bertz CT molecular complexity index is 628. The summed E-state index contributed by atoms with van der Waals surface area (Å²) in [6, 6.07) is 12.2. The minimum absolute atomic E-state index is 0.0115. The molecular weight excluding hydrogens is 338 g/mol. The molecule has 0 atom stereocenters. The van der Waals surface area contributed by atoms with Gasteiger partial charge in [-0.25, -0.2) is 0 Å². The molecule has 0 spiro atoms. The summed E-state index contributed by atoms with van der Waals surface area (Å²) < 4.78 is 10.7. The van der Waals surface area contributed by atoms with E-state index in [4.69, 9.17) is 9.47 Å². The molecule has 0 fully saturated rings. The number of benzene rings is 2. The predicted octanol–water partition coefficient (Wildman–Crippen LogP) is 4.08. The Balaban J connectivity index is 2.11. The zero-order valence-corrected chi connectivity index (χ0v) is 13.0. The zero-order valence-electron chi connectivity index (χ0n) is 11.4. The van der Waals surface area contributed by atoms with Gasteiger partial charge in [0.25, 0.3) is 5.69 Å². The molecule has 0 N–H and O–H groups in total. The molecule has 0 saturated heterocycles. The number of halogens is 1. The van der Waals surface area contributed by atoms with Crippen molar-refractivity contribution in [3.05, 3.63) is 63.7 Å². The monoisotopic (exact) mass is 351 g/mol. The average Bonchev–Trinajstić information content (AvgIpc) is 2.53. The maximum atomic E-state index is 10.9. The SMILES string of the molecule is COc1cc(COc2ccc(CBr)cc2)cc([N+](=O)[O-])c1. The van der Waals surface area contributed by atoms with Crippen LogP contribution < -0.4 is 9.47 Å². The highest BCUT2D eigenvalue weighted by molar-refractivity contribution is 9.08. The molecule has 0 amide bonds. The van der Waals surface area contributed by atoms with E-state index in [0.29, 0.717) is 17.1 Å². The van der Waals surface area contributed by atoms with Crippen LogP contribution in [-0.2, 0) is 11.9 Å². The van der Waals surface area contributed by atoms with Gasteiger partial charge in [-0.15, -0.1) is 0 Å². The van der Waals surface area contributed by atoms with Gasteiger partial charge in [0.05, 0.1) is 18.1 Å². The molecule has 5 nitrogen and oxygen atoms in total. The molecule has 2 rings (SSSR count). The predicted molar refractivity (Wildman–Crippen MR) is 83.1 cm³/mol. The second-order valence-electron chi connectivity index (χ2n) is 4.36. The Kier molecular flexibility index (Phi) is 5.16. The van der Waals surface area contributed by atoms with Crippen molar-refractivity contribution in [1.82, 2.24) is 0 Å². The lowest BCUT2D eigenvalue weighted by molar-refractivity contribution is -0.385. The maximum absolute atomic E-state index is 10.9. The smallest absolute Gasteiger partial charge is 0.273 e. The third-order valence-corrected chi connectivity index (χ3v) is 3.53. The number of nitrogens with zero attached hydrogens (tertiary/aromatic N) is 1. The van der Waals surface area contributed by atoms with E-state index in [-0.39, 0.29) is 12.3 Å². The van der Waals surface area contributed by atoms with Crippen LogP contribution in [0.2, 0.25) is 0 Å². The number of methoxy groups -OCH3 is 1. The molecule has 21 heavy (non-hydrogen) atoms. The molecule has 0 aliphatic carbocycles. The Morgan fingerprint density at radius 1 is 1.10 bits per heavy atom. The van der Waals surface area contributed by atoms with Crippen LogP contribution in [0.5, 0.6) is 11.5 Å². The Morgan fingerprint density at radius 3 is 2.38 bits per heavy atom. The van der Waals surface area contributed by atoms with Crippen LogP contribution in [0.15, 0.2) is 42.5 Å². The quantitative estimate of drug-likeness (QED) is 0.447. The Labute approximate surface area is 130 Å². The van der Waals surface area contributed by atoms with E-state index in [0.717, 1.165) is 10.9 Å². The van der Waals surface area contributed by atoms with Gasteiger partial charge in [-0.1, -0.05) is 28.1 Å². The highest BCUT2D eigenvalue weighted by Gasteiger charge is 2.10. The lowest BCUT2D eigenvalue weighted by Crippen LogP contribution is -1.98. The first-order chi connectivity index (χ1) is 10.1. The second kappa shape index (κ2) is 7.08. The van der Waals surface area contributed by atoms with Crippen molar-refractivity contribution in [2.45, 2.75) is 11.9 Å². The number of hydrogen-bond donors (Lipinski definition) is 0. The van der Waals surface area contributed by atoms with Crippen molar-refractivity contribution in [2.75, 3.05) is 7.11 Å². The molecule has 0 radical (unpaired) electrons. The summed E-state index contributed by atoms with van der Waals surface area (Å²) in [6.45, 7) is 0.242. The highest BCUT2D eigenvalue weighted by atomic mass is 79.9. The second-order valence-corrected chi connectivity index (χ2v) is 4.92. The summed E-state index contributed by atoms with van der Waals surface area (Å²) in [5.74, 6) is 1.16. The van der Waals surface area contributed by atoms with E-state index in [1.807, 2.05) is 24.3 Å². The normalized spacial score (nSPS) is 10.2. The van der Waals surface area contributed by atoms with Gasteiger partial charge in [0.15, 0.2) is 0 Å². The standard InChI is InChI=1S/C15H14BrNO4/c1-20-15-7-12(6-13(8-15)17(18)19)10-21-14-4-2-11(9-16)3-5-14/h2-8H,9-10H2,1H3. The summed E-state index contributed by atoms with van der Waals surface area (Å²) in [4.78, 5) is 10.4. The van der Waals surface area contributed by atoms with Crippen LogP contribution in [0.1, 0.15) is 11.1 Å². The summed E-state index contributed by atoms with van der Waals surface area (Å²) in [7, 11) is 1.47. The summed E-state index contributed by atoms with van der Waals surface area (Å²) in [5, 5.41) is 11.7. The van der Waals surface area contributed by atoms with E-state index >= 15 is 0 Å². The van der Waals surface area contributed by atoms with Gasteiger partial charge in [-0.3, -0.25) is 10.1 Å². The topological polar surface area (TPSA) is 61.6 Å². The first kappa shape index (κ1) is 15.3. The van der Waals surface area contributed by atoms with Crippen LogP contribution in [0.4, 0.5) is 5.69 Å². The number of ether oxygens (including phenoxy) is 2. The van der Waals surface area contributed by atoms with Gasteiger partial charge in [0, 0.05) is 11.4 Å². The van der Waals surface area contributed by atoms with E-state index in [1.54, 1.807) is 6.07 Å². The molecule has 0 aromatic heterocycles. The molecular formula is C15H14BrNO4. The fourth-order valence-corrected chi connectivity index (χ4v) is 2.17. The molecule has 6 heteroatoms. The zero-order chi connectivity index (χ0) is 15.2. The molecule has 2 aromatic rings. The minimum atomic E-state index is -0.448. The number of rotatable bonds is 6. The summed E-state index contributed by atoms with van der Waals surface area (Å²) >= 11 is 3.38. The van der Waals surface area contributed by atoms with Crippen LogP contribution >= 0.6 is 15.9 Å². The van der Waals surface area contributed by atoms with Crippen molar-refractivity contribution in [3.63, 3.8) is 0 Å². The summed E-state index contributed by atoms with van der Waals surface area (Å²) in [5.41, 5.74) is 1.83. The molecule has 0 bridgehead atoms. The average molecular weight is 352 g/mol. The first-order valence-corrected chi connectivity index (χ1v) is 7.34. The van der Waals surface area contributed by atoms with Crippen molar-refractivity contribution in [1.29, 1.82) is 0 Å². The van der Waals surface area contributed by atoms with Crippen molar-refractivity contribution < 1.29 is 14.4 Å². The summed E-state index contributed by atoms with van der Waals surface area (Å²) in [6.07, 6.45) is 0. The largest absolute Gasteiger partial charge is 0.496 e. The van der Waals surface area contributed by atoms with Crippen LogP contribution in [-0.4, -0.2) is 12.0 Å². The van der Waals surface area contributed by atoms with E-state index in [1.165, 1.54) is 19.2 Å². The van der Waals surface area contributed by atoms with E-state index < -0.39 is 4.92 Å². The fraction of sp³-hybridized carbons (Fsp3) is 0.200. The van der Waals surface area contributed by atoms with E-state index in [9.17, 15) is 10.1 Å². The third kappa shape index (κ3) is 4.19. The maximum Gasteiger partial charge on any atom is 0.273 e. The van der Waals surface area contributed by atoms with Gasteiger partial charge < -0.3 is 9.47 Å². The van der Waals surface area contributed by atoms with Crippen molar-refractivity contribution in [2.24, 2.45) is 0 Å². The molecule has 0 aliphatic heterocycles. The van der Waals surface area contributed by atoms with Crippen molar-refractivity contribution in [3.8, 4) is 11.5 Å². The Hall–Kier alpha value is -2.08. The molecule has 0 unspecified atom stereocenters. The number of hydrogen-bond acceptors (Lipinski definition) is 4. The third-order valence-electron chi connectivity index (χ3n) is 2.88.